The first kappa shape index (κ1) is 22.7. The molecule has 0 atom stereocenters. The van der Waals surface area contributed by atoms with Crippen molar-refractivity contribution < 1.29 is 31.1 Å². The molecule has 0 heterocycles. The van der Waals surface area contributed by atoms with Crippen LogP contribution in [0.4, 0.5) is 13.2 Å². The first-order valence-corrected chi connectivity index (χ1v) is 10.2. The number of benzene rings is 2. The summed E-state index contributed by atoms with van der Waals surface area (Å²) in [5.41, 5.74) is 1.47. The summed E-state index contributed by atoms with van der Waals surface area (Å²) in [7, 11) is -3.70. The lowest BCUT2D eigenvalue weighted by molar-refractivity contribution is -0.153. The smallest absolute Gasteiger partial charge is 0.422 e. The van der Waals surface area contributed by atoms with Crippen LogP contribution < -0.4 is 14.8 Å². The monoisotopic (exact) mass is 430 g/mol. The number of aryl methyl sites for hydroxylation is 1. The number of amides is 1. The summed E-state index contributed by atoms with van der Waals surface area (Å²) in [4.78, 5) is 12.5. The molecule has 29 heavy (non-hydrogen) atoms. The molecule has 0 spiro atoms. The van der Waals surface area contributed by atoms with Gasteiger partial charge in [-0.15, -0.1) is 0 Å². The van der Waals surface area contributed by atoms with E-state index in [1.165, 1.54) is 36.4 Å². The Kier molecular flexibility index (Phi) is 7.26. The molecule has 10 heteroatoms. The van der Waals surface area contributed by atoms with E-state index in [0.29, 0.717) is 11.1 Å². The number of hydrogen-bond acceptors (Lipinski definition) is 4. The molecule has 2 rings (SSSR count). The Morgan fingerprint density at radius 1 is 1.10 bits per heavy atom. The van der Waals surface area contributed by atoms with Gasteiger partial charge in [0.2, 0.25) is 10.0 Å². The quantitative estimate of drug-likeness (QED) is 0.674. The first-order chi connectivity index (χ1) is 13.5. The maximum atomic E-state index is 12.5. The molecule has 2 aromatic rings. The van der Waals surface area contributed by atoms with Crippen LogP contribution in [0.5, 0.6) is 5.75 Å². The Labute approximate surface area is 167 Å². The molecule has 6 nitrogen and oxygen atoms in total. The van der Waals surface area contributed by atoms with Crippen LogP contribution >= 0.6 is 0 Å². The zero-order valence-corrected chi connectivity index (χ0v) is 16.7. The van der Waals surface area contributed by atoms with Crippen LogP contribution in [0.15, 0.2) is 47.4 Å². The van der Waals surface area contributed by atoms with Gasteiger partial charge in [-0.2, -0.15) is 13.2 Å². The van der Waals surface area contributed by atoms with Crippen LogP contribution in [-0.4, -0.2) is 33.7 Å². The highest BCUT2D eigenvalue weighted by atomic mass is 32.2. The van der Waals surface area contributed by atoms with Crippen molar-refractivity contribution in [2.45, 2.75) is 31.5 Å². The Morgan fingerprint density at radius 3 is 2.34 bits per heavy atom. The fourth-order valence-electron chi connectivity index (χ4n) is 2.43. The van der Waals surface area contributed by atoms with E-state index < -0.39 is 28.7 Å². The Hall–Kier alpha value is -2.59. The van der Waals surface area contributed by atoms with E-state index in [-0.39, 0.29) is 29.3 Å². The summed E-state index contributed by atoms with van der Waals surface area (Å²) in [6.45, 7) is 2.29. The highest BCUT2D eigenvalue weighted by Crippen LogP contribution is 2.19. The highest BCUT2D eigenvalue weighted by molar-refractivity contribution is 7.89. The van der Waals surface area contributed by atoms with Crippen LogP contribution in [0.3, 0.4) is 0 Å². The molecule has 0 radical (unpaired) electrons. The standard InChI is InChI=1S/C19H21F3N2O4S/c1-3-24-29(26,27)16-9-4-13(2)17(10-16)18(25)23-11-14-5-7-15(8-6-14)28-12-19(20,21)22/h4-10,24H,3,11-12H2,1-2H3,(H,23,25). The van der Waals surface area contributed by atoms with E-state index in [1.54, 1.807) is 19.9 Å². The number of rotatable bonds is 8. The molecule has 0 aliphatic rings. The zero-order valence-electron chi connectivity index (χ0n) is 15.8. The van der Waals surface area contributed by atoms with E-state index in [9.17, 15) is 26.4 Å². The number of carbonyl (C=O) groups excluding carboxylic acids is 1. The summed E-state index contributed by atoms with van der Waals surface area (Å²) < 4.78 is 67.7. The van der Waals surface area contributed by atoms with Crippen molar-refractivity contribution in [1.82, 2.24) is 10.0 Å². The van der Waals surface area contributed by atoms with Gasteiger partial charge in [-0.1, -0.05) is 25.1 Å². The molecule has 2 aromatic carbocycles. The minimum absolute atomic E-state index is 0.0127. The van der Waals surface area contributed by atoms with Gasteiger partial charge in [-0.3, -0.25) is 4.79 Å². The number of ether oxygens (including phenoxy) is 1. The third-order valence-corrected chi connectivity index (χ3v) is 5.42. The molecule has 0 aromatic heterocycles. The Bertz CT molecular complexity index is 958. The summed E-state index contributed by atoms with van der Waals surface area (Å²) in [6, 6.07) is 10.1. The third kappa shape index (κ3) is 6.75. The number of hydrogen-bond donors (Lipinski definition) is 2. The number of carbonyl (C=O) groups is 1. The van der Waals surface area contributed by atoms with Crippen molar-refractivity contribution in [3.63, 3.8) is 0 Å². The second-order valence-corrected chi connectivity index (χ2v) is 7.98. The second kappa shape index (κ2) is 9.27. The predicted octanol–water partition coefficient (Wildman–Crippen LogP) is 3.16. The summed E-state index contributed by atoms with van der Waals surface area (Å²) in [5, 5.41) is 2.67. The Morgan fingerprint density at radius 2 is 1.76 bits per heavy atom. The van der Waals surface area contributed by atoms with Gasteiger partial charge < -0.3 is 10.1 Å². The number of nitrogens with one attached hydrogen (secondary N) is 2. The summed E-state index contributed by atoms with van der Waals surface area (Å²) in [6.07, 6.45) is -4.42. The molecule has 0 saturated carbocycles. The molecular formula is C19H21F3N2O4S. The number of alkyl halides is 3. The minimum atomic E-state index is -4.42. The zero-order chi connectivity index (χ0) is 21.7. The molecule has 0 aliphatic carbocycles. The van der Waals surface area contributed by atoms with Crippen LogP contribution in [0.1, 0.15) is 28.4 Å². The van der Waals surface area contributed by atoms with Gasteiger partial charge in [0.05, 0.1) is 4.90 Å². The second-order valence-electron chi connectivity index (χ2n) is 6.21. The van der Waals surface area contributed by atoms with Crippen molar-refractivity contribution in [1.29, 1.82) is 0 Å². The molecule has 0 bridgehead atoms. The van der Waals surface area contributed by atoms with Crippen LogP contribution in [-0.2, 0) is 16.6 Å². The van der Waals surface area contributed by atoms with Crippen LogP contribution in [0.2, 0.25) is 0 Å². The van der Waals surface area contributed by atoms with E-state index in [4.69, 9.17) is 0 Å². The normalized spacial score (nSPS) is 11.9. The lowest BCUT2D eigenvalue weighted by atomic mass is 10.1. The van der Waals surface area contributed by atoms with Crippen LogP contribution in [0.25, 0.3) is 0 Å². The fourth-order valence-corrected chi connectivity index (χ4v) is 3.50. The first-order valence-electron chi connectivity index (χ1n) is 8.69. The molecule has 0 fully saturated rings. The van der Waals surface area contributed by atoms with Gasteiger partial charge in [0, 0.05) is 18.7 Å². The molecule has 2 N–H and O–H groups in total. The lowest BCUT2D eigenvalue weighted by Gasteiger charge is -2.12. The molecule has 0 saturated heterocycles. The summed E-state index contributed by atoms with van der Waals surface area (Å²) >= 11 is 0. The largest absolute Gasteiger partial charge is 0.484 e. The molecule has 0 unspecified atom stereocenters. The SMILES string of the molecule is CCNS(=O)(=O)c1ccc(C)c(C(=O)NCc2ccc(OCC(F)(F)F)cc2)c1. The lowest BCUT2D eigenvalue weighted by Crippen LogP contribution is -2.26. The average Bonchev–Trinajstić information content (AvgIpc) is 2.65. The van der Waals surface area contributed by atoms with Crippen molar-refractivity contribution in [2.75, 3.05) is 13.2 Å². The fraction of sp³-hybridized carbons (Fsp3) is 0.316. The number of sulfonamides is 1. The van der Waals surface area contributed by atoms with Gasteiger partial charge in [-0.05, 0) is 42.3 Å². The average molecular weight is 430 g/mol. The van der Waals surface area contributed by atoms with E-state index >= 15 is 0 Å². The van der Waals surface area contributed by atoms with Crippen molar-refractivity contribution in [3.05, 3.63) is 59.2 Å². The van der Waals surface area contributed by atoms with E-state index in [1.807, 2.05) is 0 Å². The molecule has 1 amide bonds. The van der Waals surface area contributed by atoms with Gasteiger partial charge in [0.1, 0.15) is 5.75 Å². The molecule has 0 aliphatic heterocycles. The van der Waals surface area contributed by atoms with Gasteiger partial charge in [-0.25, -0.2) is 13.1 Å². The predicted molar refractivity (Wildman–Crippen MR) is 101 cm³/mol. The van der Waals surface area contributed by atoms with Crippen molar-refractivity contribution in [3.8, 4) is 5.75 Å². The topological polar surface area (TPSA) is 84.5 Å². The maximum Gasteiger partial charge on any atom is 0.422 e. The van der Waals surface area contributed by atoms with E-state index in [2.05, 4.69) is 14.8 Å². The van der Waals surface area contributed by atoms with E-state index in [0.717, 1.165) is 0 Å². The molecular weight excluding hydrogens is 409 g/mol. The number of halogens is 3. The van der Waals surface area contributed by atoms with Gasteiger partial charge in [0.15, 0.2) is 6.61 Å². The van der Waals surface area contributed by atoms with Gasteiger partial charge in [0.25, 0.3) is 5.91 Å². The highest BCUT2D eigenvalue weighted by Gasteiger charge is 2.28. The molecule has 158 valence electrons. The maximum absolute atomic E-state index is 12.5. The van der Waals surface area contributed by atoms with Gasteiger partial charge >= 0.3 is 6.18 Å². The third-order valence-electron chi connectivity index (χ3n) is 3.88. The van der Waals surface area contributed by atoms with Crippen molar-refractivity contribution >= 4 is 15.9 Å². The van der Waals surface area contributed by atoms with Crippen molar-refractivity contribution in [2.24, 2.45) is 0 Å². The van der Waals surface area contributed by atoms with Crippen LogP contribution in [0, 0.1) is 6.92 Å². The Balaban J connectivity index is 2.04. The minimum Gasteiger partial charge on any atom is -0.484 e. The summed E-state index contributed by atoms with van der Waals surface area (Å²) in [5.74, 6) is -0.400.